The van der Waals surface area contributed by atoms with Crippen molar-refractivity contribution in [1.82, 2.24) is 15.5 Å². The molecule has 1 heterocycles. The predicted molar refractivity (Wildman–Crippen MR) is 103 cm³/mol. The fraction of sp³-hybridized carbons (Fsp3) is 0.722. The molecule has 0 aromatic rings. The van der Waals surface area contributed by atoms with Crippen LogP contribution in [-0.2, 0) is 24.0 Å². The summed E-state index contributed by atoms with van der Waals surface area (Å²) in [6.07, 6.45) is 1.16. The number of hydrogen-bond donors (Lipinski definition) is 5. The number of carbonyl (C=O) groups is 5. The van der Waals surface area contributed by atoms with Crippen LogP contribution < -0.4 is 22.1 Å². The molecule has 164 valence electrons. The van der Waals surface area contributed by atoms with E-state index < -0.39 is 53.8 Å². The van der Waals surface area contributed by atoms with Crippen LogP contribution in [0.4, 0.5) is 0 Å². The summed E-state index contributed by atoms with van der Waals surface area (Å²) in [5.41, 5.74) is 10.6. The zero-order chi connectivity index (χ0) is 22.3. The minimum atomic E-state index is -1.18. The summed E-state index contributed by atoms with van der Waals surface area (Å²) in [5, 5.41) is 14.3. The second-order valence-electron chi connectivity index (χ2n) is 7.41. The zero-order valence-corrected chi connectivity index (χ0v) is 17.0. The standard InChI is InChI=1S/C18H31N5O6/c1-4-9(2)14(17(27)23-7-5-6-12(23)18(28)29)22-15(25)10(3)21-16(26)11(19)8-13(20)24/h9-12,14H,4-8,19H2,1-3H3,(H2,20,24)(H,21,26)(H,22,25)(H,28,29). The van der Waals surface area contributed by atoms with Gasteiger partial charge in [-0.05, 0) is 25.7 Å². The average molecular weight is 413 g/mol. The molecule has 0 aromatic carbocycles. The van der Waals surface area contributed by atoms with Crippen molar-refractivity contribution in [2.45, 2.75) is 70.6 Å². The molecule has 11 heteroatoms. The molecule has 0 spiro atoms. The monoisotopic (exact) mass is 413 g/mol. The number of nitrogens with zero attached hydrogens (tertiary/aromatic N) is 1. The van der Waals surface area contributed by atoms with Gasteiger partial charge in [0, 0.05) is 6.54 Å². The van der Waals surface area contributed by atoms with Crippen molar-refractivity contribution in [1.29, 1.82) is 0 Å². The Kier molecular flexibility index (Phi) is 9.02. The molecule has 0 saturated carbocycles. The van der Waals surface area contributed by atoms with E-state index in [9.17, 15) is 29.1 Å². The summed E-state index contributed by atoms with van der Waals surface area (Å²) in [7, 11) is 0. The first kappa shape index (κ1) is 24.3. The summed E-state index contributed by atoms with van der Waals surface area (Å²) < 4.78 is 0. The first-order valence-corrected chi connectivity index (χ1v) is 9.67. The number of aliphatic carboxylic acids is 1. The van der Waals surface area contributed by atoms with E-state index in [0.717, 1.165) is 0 Å². The van der Waals surface area contributed by atoms with Gasteiger partial charge in [0.2, 0.25) is 23.6 Å². The number of carboxylic acids is 1. The molecule has 0 radical (unpaired) electrons. The van der Waals surface area contributed by atoms with Gasteiger partial charge in [-0.3, -0.25) is 19.2 Å². The lowest BCUT2D eigenvalue weighted by Gasteiger charge is -2.31. The Bertz CT molecular complexity index is 655. The van der Waals surface area contributed by atoms with Crippen LogP contribution in [0.25, 0.3) is 0 Å². The number of nitrogens with two attached hydrogens (primary N) is 2. The molecular formula is C18H31N5O6. The maximum absolute atomic E-state index is 13.0. The predicted octanol–water partition coefficient (Wildman–Crippen LogP) is -1.70. The van der Waals surface area contributed by atoms with Gasteiger partial charge in [0.05, 0.1) is 12.5 Å². The van der Waals surface area contributed by atoms with Crippen molar-refractivity contribution in [3.05, 3.63) is 0 Å². The molecule has 11 nitrogen and oxygen atoms in total. The van der Waals surface area contributed by atoms with E-state index in [-0.39, 0.29) is 12.3 Å². The van der Waals surface area contributed by atoms with Gasteiger partial charge in [0.1, 0.15) is 18.1 Å². The van der Waals surface area contributed by atoms with Crippen LogP contribution in [0.3, 0.4) is 0 Å². The van der Waals surface area contributed by atoms with Crippen LogP contribution in [-0.4, -0.2) is 70.3 Å². The van der Waals surface area contributed by atoms with Crippen molar-refractivity contribution in [2.24, 2.45) is 17.4 Å². The summed E-state index contributed by atoms with van der Waals surface area (Å²) in [6.45, 7) is 5.36. The highest BCUT2D eigenvalue weighted by Crippen LogP contribution is 2.21. The molecule has 7 N–H and O–H groups in total. The summed E-state index contributed by atoms with van der Waals surface area (Å²) in [5.74, 6) is -3.86. The molecule has 0 aromatic heterocycles. The van der Waals surface area contributed by atoms with Gasteiger partial charge < -0.3 is 32.1 Å². The number of hydrogen-bond acceptors (Lipinski definition) is 6. The van der Waals surface area contributed by atoms with Crippen LogP contribution in [0.2, 0.25) is 0 Å². The maximum Gasteiger partial charge on any atom is 0.326 e. The molecule has 5 atom stereocenters. The quantitative estimate of drug-likeness (QED) is 0.282. The van der Waals surface area contributed by atoms with Crippen molar-refractivity contribution in [3.8, 4) is 0 Å². The van der Waals surface area contributed by atoms with Crippen LogP contribution >= 0.6 is 0 Å². The van der Waals surface area contributed by atoms with Gasteiger partial charge >= 0.3 is 5.97 Å². The van der Waals surface area contributed by atoms with Crippen molar-refractivity contribution < 1.29 is 29.1 Å². The topological polar surface area (TPSA) is 185 Å². The average Bonchev–Trinajstić information content (AvgIpc) is 3.14. The van der Waals surface area contributed by atoms with Crippen molar-refractivity contribution >= 4 is 29.6 Å². The first-order chi connectivity index (χ1) is 13.5. The smallest absolute Gasteiger partial charge is 0.326 e. The lowest BCUT2D eigenvalue weighted by atomic mass is 9.97. The Morgan fingerprint density at radius 2 is 1.76 bits per heavy atom. The number of primary amides is 1. The largest absolute Gasteiger partial charge is 0.480 e. The summed E-state index contributed by atoms with van der Waals surface area (Å²) >= 11 is 0. The van der Waals surface area contributed by atoms with Crippen molar-refractivity contribution in [2.75, 3.05) is 6.54 Å². The highest BCUT2D eigenvalue weighted by molar-refractivity contribution is 5.95. The number of carbonyl (C=O) groups excluding carboxylic acids is 4. The van der Waals surface area contributed by atoms with Crippen LogP contribution in [0, 0.1) is 5.92 Å². The Balaban J connectivity index is 2.83. The lowest BCUT2D eigenvalue weighted by molar-refractivity contribution is -0.150. The van der Waals surface area contributed by atoms with Crippen LogP contribution in [0.1, 0.15) is 46.5 Å². The van der Waals surface area contributed by atoms with E-state index in [2.05, 4.69) is 10.6 Å². The zero-order valence-electron chi connectivity index (χ0n) is 17.0. The number of rotatable bonds is 10. The molecule has 1 saturated heterocycles. The van der Waals surface area contributed by atoms with E-state index in [1.165, 1.54) is 11.8 Å². The second kappa shape index (κ2) is 10.7. The van der Waals surface area contributed by atoms with Gasteiger partial charge in [-0.15, -0.1) is 0 Å². The fourth-order valence-electron chi connectivity index (χ4n) is 3.12. The minimum Gasteiger partial charge on any atom is -0.480 e. The first-order valence-electron chi connectivity index (χ1n) is 9.67. The van der Waals surface area contributed by atoms with Gasteiger partial charge in [-0.25, -0.2) is 4.79 Å². The maximum atomic E-state index is 13.0. The van der Waals surface area contributed by atoms with Crippen LogP contribution in [0.5, 0.6) is 0 Å². The Hall–Kier alpha value is -2.69. The molecule has 0 aliphatic carbocycles. The third kappa shape index (κ3) is 6.70. The van der Waals surface area contributed by atoms with Crippen molar-refractivity contribution in [3.63, 3.8) is 0 Å². The number of likely N-dealkylation sites (tertiary alicyclic amines) is 1. The molecule has 5 unspecified atom stereocenters. The summed E-state index contributed by atoms with van der Waals surface area (Å²) in [4.78, 5) is 61.0. The third-order valence-corrected chi connectivity index (χ3v) is 5.11. The van der Waals surface area contributed by atoms with E-state index in [4.69, 9.17) is 11.5 Å². The Morgan fingerprint density at radius 3 is 2.28 bits per heavy atom. The van der Waals surface area contributed by atoms with Gasteiger partial charge in [-0.1, -0.05) is 20.3 Å². The fourth-order valence-corrected chi connectivity index (χ4v) is 3.12. The molecule has 1 fully saturated rings. The second-order valence-corrected chi connectivity index (χ2v) is 7.41. The molecule has 4 amide bonds. The van der Waals surface area contributed by atoms with E-state index in [0.29, 0.717) is 25.8 Å². The Morgan fingerprint density at radius 1 is 1.14 bits per heavy atom. The molecule has 1 aliphatic heterocycles. The van der Waals surface area contributed by atoms with Crippen LogP contribution in [0.15, 0.2) is 0 Å². The highest BCUT2D eigenvalue weighted by Gasteiger charge is 2.39. The van der Waals surface area contributed by atoms with Gasteiger partial charge in [0.15, 0.2) is 0 Å². The number of nitrogens with one attached hydrogen (secondary N) is 2. The molecule has 1 rings (SSSR count). The van der Waals surface area contributed by atoms with E-state index in [1.807, 2.05) is 6.92 Å². The molecule has 29 heavy (non-hydrogen) atoms. The SMILES string of the molecule is CCC(C)C(NC(=O)C(C)NC(=O)C(N)CC(N)=O)C(=O)N1CCCC1C(=O)O. The van der Waals surface area contributed by atoms with Gasteiger partial charge in [0.25, 0.3) is 0 Å². The van der Waals surface area contributed by atoms with E-state index >= 15 is 0 Å². The molecule has 0 bridgehead atoms. The third-order valence-electron chi connectivity index (χ3n) is 5.11. The minimum absolute atomic E-state index is 0.249. The number of carboxylic acid groups (broad SMARTS) is 1. The number of amides is 4. The summed E-state index contributed by atoms with van der Waals surface area (Å²) in [6, 6.07) is -4.04. The van der Waals surface area contributed by atoms with Gasteiger partial charge in [-0.2, -0.15) is 0 Å². The lowest BCUT2D eigenvalue weighted by Crippen LogP contribution is -2.58. The molecular weight excluding hydrogens is 382 g/mol. The Labute approximate surface area is 169 Å². The molecule has 1 aliphatic rings. The highest BCUT2D eigenvalue weighted by atomic mass is 16.4. The van der Waals surface area contributed by atoms with E-state index in [1.54, 1.807) is 6.92 Å². The normalized spacial score (nSPS) is 20.3.